The molecule has 0 saturated carbocycles. The van der Waals surface area contributed by atoms with E-state index in [1.165, 1.54) is 0 Å². The van der Waals surface area contributed by atoms with Crippen molar-refractivity contribution in [3.63, 3.8) is 0 Å². The van der Waals surface area contributed by atoms with Crippen LogP contribution in [0, 0.1) is 0 Å². The van der Waals surface area contributed by atoms with Crippen molar-refractivity contribution in [1.82, 2.24) is 10.6 Å². The van der Waals surface area contributed by atoms with Gasteiger partial charge in [-0.25, -0.2) is 4.99 Å². The zero-order valence-corrected chi connectivity index (χ0v) is 16.9. The Labute approximate surface area is 171 Å². The molecule has 2 aromatic carbocycles. The molecule has 0 aromatic heterocycles. The van der Waals surface area contributed by atoms with E-state index in [9.17, 15) is 9.90 Å². The average Bonchev–Trinajstić information content (AvgIpc) is 2.72. The predicted octanol–water partition coefficient (Wildman–Crippen LogP) is 2.97. The Morgan fingerprint density at radius 2 is 2.07 bits per heavy atom. The van der Waals surface area contributed by atoms with E-state index in [2.05, 4.69) is 27.0 Å². The fraction of sp³-hybridized carbons (Fsp3) is 0.364. The molecule has 1 atom stereocenters. The van der Waals surface area contributed by atoms with E-state index in [1.54, 1.807) is 12.1 Å². The van der Waals surface area contributed by atoms with Gasteiger partial charge in [0.05, 0.1) is 13.2 Å². The number of guanidine groups is 1. The second kappa shape index (κ2) is 9.82. The fourth-order valence-electron chi connectivity index (χ4n) is 3.34. The molecular formula is C22H28N4O3. The van der Waals surface area contributed by atoms with E-state index in [0.717, 1.165) is 23.4 Å². The normalized spacial score (nSPS) is 16.0. The van der Waals surface area contributed by atoms with Crippen molar-refractivity contribution < 1.29 is 14.6 Å². The van der Waals surface area contributed by atoms with Crippen LogP contribution in [0.3, 0.4) is 0 Å². The van der Waals surface area contributed by atoms with Gasteiger partial charge in [0.25, 0.3) is 0 Å². The zero-order chi connectivity index (χ0) is 20.6. The number of hydrogen-bond donors (Lipinski definition) is 4. The molecule has 0 aliphatic carbocycles. The lowest BCUT2D eigenvalue weighted by molar-refractivity contribution is -0.116. The summed E-state index contributed by atoms with van der Waals surface area (Å²) in [5.41, 5.74) is 2.95. The van der Waals surface area contributed by atoms with E-state index in [0.29, 0.717) is 37.8 Å². The van der Waals surface area contributed by atoms with Crippen molar-refractivity contribution >= 4 is 17.6 Å². The number of ether oxygens (including phenoxy) is 1. The van der Waals surface area contributed by atoms with Crippen molar-refractivity contribution in [1.29, 1.82) is 0 Å². The van der Waals surface area contributed by atoms with Crippen molar-refractivity contribution in [2.75, 3.05) is 25.0 Å². The number of amides is 1. The number of phenolic OH excluding ortho intramolecular Hbond substituents is 1. The summed E-state index contributed by atoms with van der Waals surface area (Å²) in [5, 5.41) is 19.4. The molecule has 0 saturated heterocycles. The van der Waals surface area contributed by atoms with Crippen molar-refractivity contribution in [2.45, 2.75) is 32.7 Å². The number of benzene rings is 2. The Morgan fingerprint density at radius 3 is 2.86 bits per heavy atom. The van der Waals surface area contributed by atoms with Crippen molar-refractivity contribution in [3.05, 3.63) is 53.6 Å². The largest absolute Gasteiger partial charge is 0.504 e. The van der Waals surface area contributed by atoms with Crippen LogP contribution in [-0.2, 0) is 11.3 Å². The third-order valence-electron chi connectivity index (χ3n) is 4.71. The number of para-hydroxylation sites is 1. The number of phenols is 1. The number of nitrogens with one attached hydrogen (secondary N) is 3. The first kappa shape index (κ1) is 20.5. The molecule has 1 unspecified atom stereocenters. The molecule has 29 heavy (non-hydrogen) atoms. The van der Waals surface area contributed by atoms with Crippen LogP contribution in [0.2, 0.25) is 0 Å². The molecular weight excluding hydrogens is 368 g/mol. The molecule has 4 N–H and O–H groups in total. The molecule has 3 rings (SSSR count). The molecule has 0 fully saturated rings. The lowest BCUT2D eigenvalue weighted by Crippen LogP contribution is -2.40. The Morgan fingerprint density at radius 1 is 1.24 bits per heavy atom. The summed E-state index contributed by atoms with van der Waals surface area (Å²) in [6, 6.07) is 13.1. The predicted molar refractivity (Wildman–Crippen MR) is 115 cm³/mol. The van der Waals surface area contributed by atoms with Crippen LogP contribution in [0.4, 0.5) is 5.69 Å². The van der Waals surface area contributed by atoms with E-state index < -0.39 is 0 Å². The van der Waals surface area contributed by atoms with Crippen LogP contribution < -0.4 is 20.7 Å². The quantitative estimate of drug-likeness (QED) is 0.426. The van der Waals surface area contributed by atoms with Gasteiger partial charge in [-0.3, -0.25) is 4.79 Å². The van der Waals surface area contributed by atoms with Gasteiger partial charge in [-0.2, -0.15) is 0 Å². The first-order chi connectivity index (χ1) is 14.1. The first-order valence-electron chi connectivity index (χ1n) is 9.96. The summed E-state index contributed by atoms with van der Waals surface area (Å²) >= 11 is 0. The van der Waals surface area contributed by atoms with Gasteiger partial charge in [-0.1, -0.05) is 24.3 Å². The average molecular weight is 396 g/mol. The number of anilines is 1. The summed E-state index contributed by atoms with van der Waals surface area (Å²) in [6.45, 7) is 6.15. The number of carbonyl (C=O) groups is 1. The van der Waals surface area contributed by atoms with Gasteiger partial charge in [-0.15, -0.1) is 0 Å². The van der Waals surface area contributed by atoms with Crippen LogP contribution in [0.5, 0.6) is 11.5 Å². The van der Waals surface area contributed by atoms with E-state index in [-0.39, 0.29) is 17.6 Å². The Bertz CT molecular complexity index is 882. The highest BCUT2D eigenvalue weighted by Gasteiger charge is 2.24. The molecule has 1 aliphatic heterocycles. The minimum absolute atomic E-state index is 0.0324. The lowest BCUT2D eigenvalue weighted by atomic mass is 9.90. The Balaban J connectivity index is 1.68. The van der Waals surface area contributed by atoms with Gasteiger partial charge in [0.1, 0.15) is 0 Å². The van der Waals surface area contributed by atoms with Crippen molar-refractivity contribution in [2.24, 2.45) is 4.99 Å². The second-order valence-electron chi connectivity index (χ2n) is 6.85. The molecule has 7 heteroatoms. The monoisotopic (exact) mass is 396 g/mol. The smallest absolute Gasteiger partial charge is 0.225 e. The summed E-state index contributed by atoms with van der Waals surface area (Å²) < 4.78 is 5.43. The Kier molecular flexibility index (Phi) is 6.94. The number of hydrogen-bond acceptors (Lipinski definition) is 4. The highest BCUT2D eigenvalue weighted by atomic mass is 16.5. The van der Waals surface area contributed by atoms with E-state index in [4.69, 9.17) is 4.74 Å². The van der Waals surface area contributed by atoms with Crippen LogP contribution in [-0.4, -0.2) is 36.7 Å². The van der Waals surface area contributed by atoms with Crippen LogP contribution in [0.15, 0.2) is 47.5 Å². The molecule has 1 heterocycles. The number of aliphatic imine (C=N–C) groups is 1. The van der Waals surface area contributed by atoms with Gasteiger partial charge >= 0.3 is 0 Å². The number of rotatable bonds is 7. The standard InChI is InChI=1S/C22H28N4O3/c1-3-23-22(24-13-15-9-10-19(27)20(11-15)29-4-2)25-14-16-12-21(28)26-18-8-6-5-7-17(16)18/h5-11,16,27H,3-4,12-14H2,1-2H3,(H,26,28)(H2,23,24,25). The van der Waals surface area contributed by atoms with Gasteiger partial charge in [-0.05, 0) is 43.2 Å². The molecule has 2 aromatic rings. The minimum atomic E-state index is 0.0324. The maximum atomic E-state index is 12.0. The number of fused-ring (bicyclic) bond motifs is 1. The maximum absolute atomic E-state index is 12.0. The zero-order valence-electron chi connectivity index (χ0n) is 16.9. The molecule has 0 spiro atoms. The third kappa shape index (κ3) is 5.40. The summed E-state index contributed by atoms with van der Waals surface area (Å²) in [6.07, 6.45) is 0.444. The summed E-state index contributed by atoms with van der Waals surface area (Å²) in [4.78, 5) is 16.6. The minimum Gasteiger partial charge on any atom is -0.504 e. The molecule has 1 aliphatic rings. The number of carbonyl (C=O) groups excluding carboxylic acids is 1. The topological polar surface area (TPSA) is 95.0 Å². The van der Waals surface area contributed by atoms with Gasteiger partial charge in [0, 0.05) is 31.1 Å². The molecule has 1 amide bonds. The SMILES string of the molecule is CCNC(=NCc1ccc(O)c(OCC)c1)NCC1CC(=O)Nc2ccccc21. The number of nitrogens with zero attached hydrogens (tertiary/aromatic N) is 1. The fourth-order valence-corrected chi connectivity index (χ4v) is 3.34. The van der Waals surface area contributed by atoms with E-state index in [1.807, 2.05) is 38.1 Å². The summed E-state index contributed by atoms with van der Waals surface area (Å²) in [7, 11) is 0. The molecule has 0 bridgehead atoms. The first-order valence-corrected chi connectivity index (χ1v) is 9.96. The second-order valence-corrected chi connectivity index (χ2v) is 6.85. The lowest BCUT2D eigenvalue weighted by Gasteiger charge is -2.26. The van der Waals surface area contributed by atoms with Crippen LogP contribution in [0.25, 0.3) is 0 Å². The van der Waals surface area contributed by atoms with Gasteiger partial charge in [0.15, 0.2) is 17.5 Å². The highest BCUT2D eigenvalue weighted by Crippen LogP contribution is 2.31. The molecule has 0 radical (unpaired) electrons. The maximum Gasteiger partial charge on any atom is 0.225 e. The van der Waals surface area contributed by atoms with E-state index >= 15 is 0 Å². The molecule has 7 nitrogen and oxygen atoms in total. The number of aromatic hydroxyl groups is 1. The van der Waals surface area contributed by atoms with Crippen LogP contribution >= 0.6 is 0 Å². The van der Waals surface area contributed by atoms with Crippen LogP contribution in [0.1, 0.15) is 37.3 Å². The van der Waals surface area contributed by atoms with Gasteiger partial charge in [0.2, 0.25) is 5.91 Å². The van der Waals surface area contributed by atoms with Crippen molar-refractivity contribution in [3.8, 4) is 11.5 Å². The van der Waals surface area contributed by atoms with Gasteiger partial charge < -0.3 is 25.8 Å². The Hall–Kier alpha value is -3.22. The molecule has 154 valence electrons. The highest BCUT2D eigenvalue weighted by molar-refractivity contribution is 5.94. The third-order valence-corrected chi connectivity index (χ3v) is 4.71. The summed E-state index contributed by atoms with van der Waals surface area (Å²) in [5.74, 6) is 1.39.